The van der Waals surface area contributed by atoms with Crippen LogP contribution in [0.4, 0.5) is 0 Å². The van der Waals surface area contributed by atoms with Crippen LogP contribution in [0.25, 0.3) is 11.4 Å². The van der Waals surface area contributed by atoms with Crippen molar-refractivity contribution in [1.29, 1.82) is 0 Å². The summed E-state index contributed by atoms with van der Waals surface area (Å²) in [6.45, 7) is 0.190. The second kappa shape index (κ2) is 5.38. The fourth-order valence-electron chi connectivity index (χ4n) is 3.20. The van der Waals surface area contributed by atoms with Crippen LogP contribution >= 0.6 is 0 Å². The molecule has 0 amide bonds. The third kappa shape index (κ3) is 2.25. The molecule has 20 heavy (non-hydrogen) atoms. The van der Waals surface area contributed by atoms with Crippen LogP contribution in [-0.4, -0.2) is 33.9 Å². The van der Waals surface area contributed by atoms with Gasteiger partial charge in [-0.2, -0.15) is 0 Å². The zero-order valence-corrected chi connectivity index (χ0v) is 11.8. The van der Waals surface area contributed by atoms with Crippen molar-refractivity contribution < 1.29 is 5.11 Å². The van der Waals surface area contributed by atoms with E-state index in [1.54, 1.807) is 0 Å². The van der Waals surface area contributed by atoms with Gasteiger partial charge in [0.2, 0.25) is 0 Å². The Kier molecular flexibility index (Phi) is 3.59. The first-order chi connectivity index (χ1) is 9.78. The minimum Gasteiger partial charge on any atom is -0.394 e. The molecule has 2 atom stereocenters. The zero-order valence-electron chi connectivity index (χ0n) is 11.8. The number of hydrogen-bond acceptors (Lipinski definition) is 3. The lowest BCUT2D eigenvalue weighted by Gasteiger charge is -2.26. The molecule has 1 aromatic carbocycles. The molecule has 2 aromatic rings. The lowest BCUT2D eigenvalue weighted by Crippen LogP contribution is -2.44. The fourth-order valence-corrected chi connectivity index (χ4v) is 3.20. The minimum atomic E-state index is -0.136. The SMILES string of the molecule is CNC1(CO)CCC(n2ccnc2-c2ccccc2)C1. The van der Waals surface area contributed by atoms with Gasteiger partial charge in [-0.05, 0) is 26.3 Å². The molecule has 1 saturated carbocycles. The molecule has 0 aliphatic heterocycles. The molecule has 1 aliphatic carbocycles. The summed E-state index contributed by atoms with van der Waals surface area (Å²) in [5, 5.41) is 12.9. The maximum absolute atomic E-state index is 9.63. The number of rotatable bonds is 4. The molecule has 106 valence electrons. The molecule has 1 aromatic heterocycles. The monoisotopic (exact) mass is 271 g/mol. The van der Waals surface area contributed by atoms with Gasteiger partial charge in [0.05, 0.1) is 6.61 Å². The Labute approximate surface area is 119 Å². The third-order valence-electron chi connectivity index (χ3n) is 4.51. The van der Waals surface area contributed by atoms with Crippen molar-refractivity contribution in [3.63, 3.8) is 0 Å². The Morgan fingerprint density at radius 1 is 1.40 bits per heavy atom. The van der Waals surface area contributed by atoms with E-state index in [2.05, 4.69) is 33.2 Å². The molecule has 0 spiro atoms. The number of imidazole rings is 1. The predicted octanol–water partition coefficient (Wildman–Crippen LogP) is 2.23. The normalized spacial score (nSPS) is 26.0. The van der Waals surface area contributed by atoms with Crippen molar-refractivity contribution in [2.45, 2.75) is 30.8 Å². The van der Waals surface area contributed by atoms with Crippen molar-refractivity contribution in [3.05, 3.63) is 42.7 Å². The van der Waals surface area contributed by atoms with Gasteiger partial charge in [0, 0.05) is 29.5 Å². The molecule has 1 aliphatic rings. The number of hydrogen-bond donors (Lipinski definition) is 2. The molecule has 4 nitrogen and oxygen atoms in total. The van der Waals surface area contributed by atoms with Crippen LogP contribution in [0.15, 0.2) is 42.7 Å². The van der Waals surface area contributed by atoms with E-state index in [4.69, 9.17) is 0 Å². The Morgan fingerprint density at radius 2 is 2.20 bits per heavy atom. The molecule has 0 saturated heterocycles. The van der Waals surface area contributed by atoms with Crippen LogP contribution in [0.2, 0.25) is 0 Å². The predicted molar refractivity (Wildman–Crippen MR) is 79.4 cm³/mol. The molecule has 2 N–H and O–H groups in total. The topological polar surface area (TPSA) is 50.1 Å². The molecular weight excluding hydrogens is 250 g/mol. The highest BCUT2D eigenvalue weighted by Gasteiger charge is 2.38. The molecule has 2 unspecified atom stereocenters. The second-order valence-electron chi connectivity index (χ2n) is 5.61. The van der Waals surface area contributed by atoms with Crippen LogP contribution in [0, 0.1) is 0 Å². The van der Waals surface area contributed by atoms with Crippen LogP contribution in [0.3, 0.4) is 0 Å². The number of likely N-dealkylation sites (N-methyl/N-ethyl adjacent to an activating group) is 1. The van der Waals surface area contributed by atoms with E-state index in [-0.39, 0.29) is 12.1 Å². The van der Waals surface area contributed by atoms with E-state index in [1.165, 1.54) is 0 Å². The van der Waals surface area contributed by atoms with Gasteiger partial charge in [0.15, 0.2) is 0 Å². The summed E-state index contributed by atoms with van der Waals surface area (Å²) < 4.78 is 2.25. The van der Waals surface area contributed by atoms with Crippen LogP contribution in [-0.2, 0) is 0 Å². The van der Waals surface area contributed by atoms with Crippen molar-refractivity contribution in [2.24, 2.45) is 0 Å². The van der Waals surface area contributed by atoms with E-state index >= 15 is 0 Å². The summed E-state index contributed by atoms with van der Waals surface area (Å²) in [6, 6.07) is 10.7. The molecule has 3 rings (SSSR count). The van der Waals surface area contributed by atoms with Gasteiger partial charge in [-0.3, -0.25) is 0 Å². The Bertz CT molecular complexity index is 560. The average Bonchev–Trinajstić information content (AvgIpc) is 3.15. The van der Waals surface area contributed by atoms with Crippen LogP contribution in [0.1, 0.15) is 25.3 Å². The smallest absolute Gasteiger partial charge is 0.140 e. The summed E-state index contributed by atoms with van der Waals surface area (Å²) in [7, 11) is 1.94. The molecule has 0 radical (unpaired) electrons. The lowest BCUT2D eigenvalue weighted by atomic mass is 9.99. The van der Waals surface area contributed by atoms with Gasteiger partial charge >= 0.3 is 0 Å². The summed E-state index contributed by atoms with van der Waals surface area (Å²) >= 11 is 0. The fraction of sp³-hybridized carbons (Fsp3) is 0.438. The average molecular weight is 271 g/mol. The molecule has 4 heteroatoms. The Morgan fingerprint density at radius 3 is 2.85 bits per heavy atom. The quantitative estimate of drug-likeness (QED) is 0.896. The second-order valence-corrected chi connectivity index (χ2v) is 5.61. The van der Waals surface area contributed by atoms with Gasteiger partial charge in [-0.1, -0.05) is 30.3 Å². The van der Waals surface area contributed by atoms with Gasteiger partial charge in [-0.25, -0.2) is 4.98 Å². The molecule has 1 fully saturated rings. The largest absolute Gasteiger partial charge is 0.394 e. The van der Waals surface area contributed by atoms with E-state index in [0.29, 0.717) is 6.04 Å². The van der Waals surface area contributed by atoms with Crippen LogP contribution < -0.4 is 5.32 Å². The number of aliphatic hydroxyl groups excluding tert-OH is 1. The lowest BCUT2D eigenvalue weighted by molar-refractivity contribution is 0.169. The standard InChI is InChI=1S/C16H21N3O/c1-17-16(12-20)8-7-14(11-16)19-10-9-18-15(19)13-5-3-2-4-6-13/h2-6,9-10,14,17,20H,7-8,11-12H2,1H3. The third-order valence-corrected chi connectivity index (χ3v) is 4.51. The minimum absolute atomic E-state index is 0.136. The first-order valence-electron chi connectivity index (χ1n) is 7.16. The van der Waals surface area contributed by atoms with E-state index in [1.807, 2.05) is 31.4 Å². The number of benzene rings is 1. The van der Waals surface area contributed by atoms with Crippen molar-refractivity contribution in [3.8, 4) is 11.4 Å². The number of nitrogens with one attached hydrogen (secondary N) is 1. The summed E-state index contributed by atoms with van der Waals surface area (Å²) in [4.78, 5) is 4.51. The molecule has 0 bridgehead atoms. The van der Waals surface area contributed by atoms with Crippen LogP contribution in [0.5, 0.6) is 0 Å². The van der Waals surface area contributed by atoms with Crippen molar-refractivity contribution >= 4 is 0 Å². The Balaban J connectivity index is 1.88. The van der Waals surface area contributed by atoms with Crippen molar-refractivity contribution in [2.75, 3.05) is 13.7 Å². The maximum atomic E-state index is 9.63. The van der Waals surface area contributed by atoms with Gasteiger partial charge in [0.1, 0.15) is 5.82 Å². The molecule has 1 heterocycles. The number of nitrogens with zero attached hydrogens (tertiary/aromatic N) is 2. The highest BCUT2D eigenvalue weighted by molar-refractivity contribution is 5.55. The first kappa shape index (κ1) is 13.3. The maximum Gasteiger partial charge on any atom is 0.140 e. The van der Waals surface area contributed by atoms with Crippen molar-refractivity contribution in [1.82, 2.24) is 14.9 Å². The van der Waals surface area contributed by atoms with E-state index in [9.17, 15) is 5.11 Å². The molecular formula is C16H21N3O. The highest BCUT2D eigenvalue weighted by Crippen LogP contribution is 2.39. The summed E-state index contributed by atoms with van der Waals surface area (Å²) in [6.07, 6.45) is 6.92. The van der Waals surface area contributed by atoms with E-state index < -0.39 is 0 Å². The summed E-state index contributed by atoms with van der Waals surface area (Å²) in [5.41, 5.74) is 1.01. The number of aliphatic hydroxyl groups is 1. The Hall–Kier alpha value is -1.65. The highest BCUT2D eigenvalue weighted by atomic mass is 16.3. The van der Waals surface area contributed by atoms with E-state index in [0.717, 1.165) is 30.7 Å². The van der Waals surface area contributed by atoms with Gasteiger partial charge in [0.25, 0.3) is 0 Å². The first-order valence-corrected chi connectivity index (χ1v) is 7.16. The summed E-state index contributed by atoms with van der Waals surface area (Å²) in [5.74, 6) is 1.01. The van der Waals surface area contributed by atoms with Gasteiger partial charge < -0.3 is 15.0 Å². The zero-order chi connectivity index (χ0) is 14.0. The van der Waals surface area contributed by atoms with Gasteiger partial charge in [-0.15, -0.1) is 0 Å². The number of aromatic nitrogens is 2.